The van der Waals surface area contributed by atoms with Gasteiger partial charge in [-0.25, -0.2) is 8.42 Å². The van der Waals surface area contributed by atoms with Gasteiger partial charge < -0.3 is 0 Å². The predicted octanol–water partition coefficient (Wildman–Crippen LogP) is 0.668. The first-order chi connectivity index (χ1) is 12.6. The van der Waals surface area contributed by atoms with Crippen LogP contribution in [0.25, 0.3) is 0 Å². The molecule has 1 aromatic heterocycles. The van der Waals surface area contributed by atoms with Crippen LogP contribution in [0, 0.1) is 13.8 Å². The molecule has 0 saturated carbocycles. The molecule has 0 spiro atoms. The van der Waals surface area contributed by atoms with Crippen LogP contribution in [0.4, 0.5) is 0 Å². The molecule has 2 amide bonds. The molecule has 11 heteroatoms. The van der Waals surface area contributed by atoms with Gasteiger partial charge in [0.25, 0.3) is 11.8 Å². The Morgan fingerprint density at radius 3 is 2.52 bits per heavy atom. The summed E-state index contributed by atoms with van der Waals surface area (Å²) >= 11 is 5.79. The van der Waals surface area contributed by atoms with Gasteiger partial charge in [0.15, 0.2) is 0 Å². The Bertz CT molecular complexity index is 957. The number of nitrogens with one attached hydrogen (secondary N) is 3. The van der Waals surface area contributed by atoms with Crippen molar-refractivity contribution in [1.82, 2.24) is 25.4 Å². The summed E-state index contributed by atoms with van der Waals surface area (Å²) in [5.74, 6) is -1.22. The van der Waals surface area contributed by atoms with Gasteiger partial charge in [-0.3, -0.25) is 25.1 Å². The van der Waals surface area contributed by atoms with Crippen molar-refractivity contribution in [2.75, 3.05) is 0 Å². The fourth-order valence-electron chi connectivity index (χ4n) is 2.24. The van der Waals surface area contributed by atoms with Crippen LogP contribution >= 0.6 is 11.6 Å². The molecular weight excluding hydrogens is 394 g/mol. The minimum Gasteiger partial charge on any atom is -0.271 e. The first kappa shape index (κ1) is 20.9. The Morgan fingerprint density at radius 1 is 1.22 bits per heavy atom. The summed E-state index contributed by atoms with van der Waals surface area (Å²) in [4.78, 5) is 23.9. The Kier molecular flexibility index (Phi) is 6.58. The Labute approximate surface area is 162 Å². The SMILES string of the molecule is Cc1cc(C)n(CC(=O)NNC(=O)[C@H](C)NS(=O)(=O)c2cccc(Cl)c2)n1. The van der Waals surface area contributed by atoms with Crippen LogP contribution in [-0.2, 0) is 26.2 Å². The fourth-order valence-corrected chi connectivity index (χ4v) is 3.74. The Balaban J connectivity index is 1.89. The maximum absolute atomic E-state index is 12.3. The summed E-state index contributed by atoms with van der Waals surface area (Å²) in [5.41, 5.74) is 5.98. The lowest BCUT2D eigenvalue weighted by Gasteiger charge is -2.15. The van der Waals surface area contributed by atoms with E-state index in [1.54, 1.807) is 13.8 Å². The van der Waals surface area contributed by atoms with Crippen molar-refractivity contribution in [3.8, 4) is 0 Å². The van der Waals surface area contributed by atoms with Crippen LogP contribution in [0.1, 0.15) is 18.3 Å². The molecule has 146 valence electrons. The van der Waals surface area contributed by atoms with Crippen molar-refractivity contribution in [3.63, 3.8) is 0 Å². The second kappa shape index (κ2) is 8.51. The molecule has 0 bridgehead atoms. The zero-order valence-corrected chi connectivity index (χ0v) is 16.6. The number of hydrogen-bond donors (Lipinski definition) is 3. The standard InChI is InChI=1S/C16H20ClN5O4S/c1-10-7-11(2)22(20-10)9-15(23)18-19-16(24)12(3)21-27(25,26)14-6-4-5-13(17)8-14/h4-8,12,21H,9H2,1-3H3,(H,18,23)(H,19,24)/t12-/m0/s1. The summed E-state index contributed by atoms with van der Waals surface area (Å²) in [7, 11) is -3.94. The van der Waals surface area contributed by atoms with Crippen LogP contribution in [-0.4, -0.2) is 36.1 Å². The zero-order chi connectivity index (χ0) is 20.2. The molecule has 3 N–H and O–H groups in total. The normalized spacial score (nSPS) is 12.4. The van der Waals surface area contributed by atoms with E-state index in [4.69, 9.17) is 11.6 Å². The number of aryl methyl sites for hydroxylation is 2. The molecule has 1 heterocycles. The monoisotopic (exact) mass is 413 g/mol. The van der Waals surface area contributed by atoms with E-state index in [0.717, 1.165) is 11.4 Å². The third-order valence-electron chi connectivity index (χ3n) is 3.55. The molecule has 9 nitrogen and oxygen atoms in total. The number of hydrogen-bond acceptors (Lipinski definition) is 5. The molecule has 2 aromatic rings. The molecular formula is C16H20ClN5O4S. The average Bonchev–Trinajstić information content (AvgIpc) is 2.89. The lowest BCUT2D eigenvalue weighted by molar-refractivity contribution is -0.130. The molecule has 1 atom stereocenters. The van der Waals surface area contributed by atoms with Crippen molar-refractivity contribution in [2.45, 2.75) is 38.3 Å². The van der Waals surface area contributed by atoms with E-state index < -0.39 is 27.9 Å². The maximum atomic E-state index is 12.3. The summed E-state index contributed by atoms with van der Waals surface area (Å²) in [6.07, 6.45) is 0. The highest BCUT2D eigenvalue weighted by atomic mass is 35.5. The van der Waals surface area contributed by atoms with Gasteiger partial charge in [0.2, 0.25) is 10.0 Å². The minimum atomic E-state index is -3.94. The number of carbonyl (C=O) groups is 2. The number of carbonyl (C=O) groups excluding carboxylic acids is 2. The van der Waals surface area contributed by atoms with Crippen LogP contribution in [0.5, 0.6) is 0 Å². The highest BCUT2D eigenvalue weighted by Crippen LogP contribution is 2.15. The van der Waals surface area contributed by atoms with Gasteiger partial charge in [-0.15, -0.1) is 0 Å². The topological polar surface area (TPSA) is 122 Å². The first-order valence-corrected chi connectivity index (χ1v) is 9.82. The van der Waals surface area contributed by atoms with Crippen molar-refractivity contribution >= 4 is 33.4 Å². The van der Waals surface area contributed by atoms with Crippen molar-refractivity contribution in [2.24, 2.45) is 0 Å². The zero-order valence-electron chi connectivity index (χ0n) is 15.0. The first-order valence-electron chi connectivity index (χ1n) is 7.96. The summed E-state index contributed by atoms with van der Waals surface area (Å²) in [6, 6.07) is 6.34. The summed E-state index contributed by atoms with van der Waals surface area (Å²) < 4.78 is 28.2. The fraction of sp³-hybridized carbons (Fsp3) is 0.312. The predicted molar refractivity (Wildman–Crippen MR) is 99.2 cm³/mol. The molecule has 0 aliphatic heterocycles. The number of rotatable bonds is 6. The molecule has 0 saturated heterocycles. The van der Waals surface area contributed by atoms with E-state index >= 15 is 0 Å². The Hall–Kier alpha value is -2.43. The van der Waals surface area contributed by atoms with Gasteiger partial charge in [-0.1, -0.05) is 17.7 Å². The molecule has 0 unspecified atom stereocenters. The van der Waals surface area contributed by atoms with Crippen molar-refractivity contribution < 1.29 is 18.0 Å². The number of benzene rings is 1. The third-order valence-corrected chi connectivity index (χ3v) is 5.33. The quantitative estimate of drug-likeness (QED) is 0.601. The number of amides is 2. The smallest absolute Gasteiger partial charge is 0.260 e. The number of halogens is 1. The lowest BCUT2D eigenvalue weighted by atomic mass is 10.3. The van der Waals surface area contributed by atoms with Gasteiger partial charge in [0.05, 0.1) is 16.6 Å². The molecule has 27 heavy (non-hydrogen) atoms. The largest absolute Gasteiger partial charge is 0.271 e. The number of hydrazine groups is 1. The van der Waals surface area contributed by atoms with Crippen molar-refractivity contribution in [3.05, 3.63) is 46.7 Å². The van der Waals surface area contributed by atoms with Gasteiger partial charge in [0.1, 0.15) is 6.54 Å². The van der Waals surface area contributed by atoms with Crippen LogP contribution < -0.4 is 15.6 Å². The van der Waals surface area contributed by atoms with E-state index in [0.29, 0.717) is 0 Å². The number of sulfonamides is 1. The summed E-state index contributed by atoms with van der Waals surface area (Å²) in [5, 5.41) is 4.40. The third kappa shape index (κ3) is 5.78. The van der Waals surface area contributed by atoms with Gasteiger partial charge in [0, 0.05) is 10.7 Å². The maximum Gasteiger partial charge on any atom is 0.260 e. The highest BCUT2D eigenvalue weighted by Gasteiger charge is 2.22. The second-order valence-electron chi connectivity index (χ2n) is 5.92. The van der Waals surface area contributed by atoms with E-state index in [-0.39, 0.29) is 16.5 Å². The average molecular weight is 414 g/mol. The second-order valence-corrected chi connectivity index (χ2v) is 8.07. The molecule has 0 radical (unpaired) electrons. The van der Waals surface area contributed by atoms with Gasteiger partial charge in [-0.05, 0) is 45.0 Å². The lowest BCUT2D eigenvalue weighted by Crippen LogP contribution is -2.51. The molecule has 2 rings (SSSR count). The van der Waals surface area contributed by atoms with Crippen molar-refractivity contribution in [1.29, 1.82) is 0 Å². The van der Waals surface area contributed by atoms with Gasteiger partial charge in [-0.2, -0.15) is 9.82 Å². The van der Waals surface area contributed by atoms with Crippen LogP contribution in [0.3, 0.4) is 0 Å². The molecule has 0 aliphatic carbocycles. The molecule has 0 fully saturated rings. The molecule has 1 aromatic carbocycles. The molecule has 0 aliphatic rings. The van der Waals surface area contributed by atoms with Gasteiger partial charge >= 0.3 is 0 Å². The van der Waals surface area contributed by atoms with E-state index in [1.807, 2.05) is 6.07 Å². The van der Waals surface area contributed by atoms with Crippen LogP contribution in [0.2, 0.25) is 5.02 Å². The van der Waals surface area contributed by atoms with E-state index in [9.17, 15) is 18.0 Å². The number of nitrogens with zero attached hydrogens (tertiary/aromatic N) is 2. The number of aromatic nitrogens is 2. The Morgan fingerprint density at radius 2 is 1.93 bits per heavy atom. The summed E-state index contributed by atoms with van der Waals surface area (Å²) in [6.45, 7) is 4.88. The minimum absolute atomic E-state index is 0.0665. The van der Waals surface area contributed by atoms with E-state index in [2.05, 4.69) is 20.7 Å². The van der Waals surface area contributed by atoms with Crippen LogP contribution in [0.15, 0.2) is 35.2 Å². The highest BCUT2D eigenvalue weighted by molar-refractivity contribution is 7.89. The van der Waals surface area contributed by atoms with E-state index in [1.165, 1.54) is 35.9 Å².